The predicted molar refractivity (Wildman–Crippen MR) is 109 cm³/mol. The molecule has 0 spiro atoms. The third-order valence-electron chi connectivity index (χ3n) is 6.08. The monoisotopic (exact) mass is 400 g/mol. The normalized spacial score (nSPS) is 28.1. The molecule has 3 saturated heterocycles. The van der Waals surface area contributed by atoms with Crippen molar-refractivity contribution < 1.29 is 9.13 Å². The number of piperidine rings is 3. The lowest BCUT2D eigenvalue weighted by molar-refractivity contribution is -0.0332. The molecule has 5 rings (SSSR count). The summed E-state index contributed by atoms with van der Waals surface area (Å²) in [5.41, 5.74) is 1.59. The Morgan fingerprint density at radius 3 is 2.77 bits per heavy atom. The van der Waals surface area contributed by atoms with Crippen LogP contribution in [0.3, 0.4) is 0 Å². The van der Waals surface area contributed by atoms with E-state index in [9.17, 15) is 0 Å². The number of hydrogen-bond donors (Lipinski definition) is 0. The minimum Gasteiger partial charge on any atom is -0.497 e. The molecule has 26 heavy (non-hydrogen) atoms. The van der Waals surface area contributed by atoms with E-state index in [0.717, 1.165) is 47.6 Å². The van der Waals surface area contributed by atoms with Gasteiger partial charge in [0.05, 0.1) is 12.6 Å². The molecule has 2 bridgehead atoms. The maximum Gasteiger partial charge on any atom is 0.141 e. The van der Waals surface area contributed by atoms with E-state index in [1.807, 2.05) is 24.3 Å². The second-order valence-electron chi connectivity index (χ2n) is 7.20. The Morgan fingerprint density at radius 1 is 1.31 bits per heavy atom. The number of aromatic nitrogens is 1. The van der Waals surface area contributed by atoms with Gasteiger partial charge in [0.15, 0.2) is 0 Å². The molecule has 3 aliphatic heterocycles. The van der Waals surface area contributed by atoms with E-state index in [1.54, 1.807) is 13.3 Å². The van der Waals surface area contributed by atoms with E-state index >= 15 is 4.39 Å². The van der Waals surface area contributed by atoms with Crippen LogP contribution in [0.1, 0.15) is 37.9 Å². The van der Waals surface area contributed by atoms with Gasteiger partial charge in [0, 0.05) is 24.2 Å². The van der Waals surface area contributed by atoms with E-state index in [0.29, 0.717) is 5.92 Å². The smallest absolute Gasteiger partial charge is 0.141 e. The predicted octanol–water partition coefficient (Wildman–Crippen LogP) is 5.22. The van der Waals surface area contributed by atoms with E-state index < -0.39 is 6.17 Å². The van der Waals surface area contributed by atoms with Crippen LogP contribution < -0.4 is 4.74 Å². The third-order valence-corrected chi connectivity index (χ3v) is 6.08. The highest BCUT2D eigenvalue weighted by atomic mass is 35.5. The molecule has 1 unspecified atom stereocenters. The van der Waals surface area contributed by atoms with Crippen LogP contribution in [0.2, 0.25) is 0 Å². The van der Waals surface area contributed by atoms with Gasteiger partial charge in [0.1, 0.15) is 11.9 Å². The number of alkyl halides is 1. The molecule has 0 radical (unpaired) electrons. The topological polar surface area (TPSA) is 25.4 Å². The summed E-state index contributed by atoms with van der Waals surface area (Å²) >= 11 is 0. The average molecular weight is 401 g/mol. The summed E-state index contributed by atoms with van der Waals surface area (Å²) in [7, 11) is 1.64. The summed E-state index contributed by atoms with van der Waals surface area (Å²) in [6, 6.07) is 7.54. The van der Waals surface area contributed by atoms with Gasteiger partial charge in [-0.3, -0.25) is 9.88 Å². The zero-order chi connectivity index (χ0) is 16.7. The molecule has 0 aliphatic carbocycles. The van der Waals surface area contributed by atoms with E-state index in [4.69, 9.17) is 4.74 Å². The molecule has 144 valence electrons. The van der Waals surface area contributed by atoms with Crippen molar-refractivity contribution in [2.75, 3.05) is 20.2 Å². The van der Waals surface area contributed by atoms with Crippen LogP contribution in [-0.4, -0.2) is 36.1 Å². The number of fused-ring (bicyclic) bond motifs is 4. The van der Waals surface area contributed by atoms with Gasteiger partial charge in [0.2, 0.25) is 0 Å². The van der Waals surface area contributed by atoms with Crippen molar-refractivity contribution in [2.45, 2.75) is 38.4 Å². The first-order valence-electron chi connectivity index (χ1n) is 9.02. The summed E-state index contributed by atoms with van der Waals surface area (Å²) in [5, 5.41) is 0.874. The Kier molecular flexibility index (Phi) is 7.12. The number of benzene rings is 1. The number of ether oxygens (including phenoxy) is 1. The standard InChI is InChI=1S/C20H25FN2O.2ClH/c1-3-13-12-23-9-7-14(13)10-19(23)20(21)16-6-8-22-18-5-4-15(24-2)11-17(16)18;;/h4-6,8,11,13-14,19-20H,3,7,9-10,12H2,1-2H3;2*1H/t13-,14-,19-,20+;;/m0../s1. The molecule has 2 aromatic rings. The summed E-state index contributed by atoms with van der Waals surface area (Å²) in [4.78, 5) is 6.76. The van der Waals surface area contributed by atoms with Crippen LogP contribution in [0.15, 0.2) is 30.5 Å². The van der Waals surface area contributed by atoms with Crippen LogP contribution >= 0.6 is 24.8 Å². The Balaban J connectivity index is 0.00000121. The molecule has 5 atom stereocenters. The minimum atomic E-state index is -0.969. The van der Waals surface area contributed by atoms with E-state index in [-0.39, 0.29) is 30.9 Å². The maximum atomic E-state index is 15.6. The van der Waals surface area contributed by atoms with Gasteiger partial charge in [-0.25, -0.2) is 4.39 Å². The zero-order valence-electron chi connectivity index (χ0n) is 15.2. The lowest BCUT2D eigenvalue weighted by Crippen LogP contribution is -2.54. The summed E-state index contributed by atoms with van der Waals surface area (Å²) in [6.07, 6.45) is 4.17. The summed E-state index contributed by atoms with van der Waals surface area (Å²) < 4.78 is 20.9. The molecule has 0 N–H and O–H groups in total. The molecule has 4 heterocycles. The SMILES string of the molecule is CC[C@H]1CN2CC[C@H]1C[C@H]2[C@H](F)c1ccnc2ccc(OC)cc12.Cl.Cl. The summed E-state index contributed by atoms with van der Waals surface area (Å²) in [6.45, 7) is 4.36. The second-order valence-corrected chi connectivity index (χ2v) is 7.20. The van der Waals surface area contributed by atoms with Gasteiger partial charge < -0.3 is 4.74 Å². The lowest BCUT2D eigenvalue weighted by Gasteiger charge is -2.50. The van der Waals surface area contributed by atoms with E-state index in [2.05, 4.69) is 16.8 Å². The van der Waals surface area contributed by atoms with Gasteiger partial charge in [0.25, 0.3) is 0 Å². The van der Waals surface area contributed by atoms with Crippen LogP contribution in [-0.2, 0) is 0 Å². The van der Waals surface area contributed by atoms with Crippen LogP contribution in [0.5, 0.6) is 5.75 Å². The van der Waals surface area contributed by atoms with Gasteiger partial charge >= 0.3 is 0 Å². The van der Waals surface area contributed by atoms with Crippen molar-refractivity contribution >= 4 is 35.7 Å². The van der Waals surface area contributed by atoms with Crippen molar-refractivity contribution in [3.8, 4) is 5.75 Å². The fraction of sp³-hybridized carbons (Fsp3) is 0.550. The highest BCUT2D eigenvalue weighted by Crippen LogP contribution is 2.44. The second kappa shape index (κ2) is 8.73. The van der Waals surface area contributed by atoms with Gasteiger partial charge in [-0.1, -0.05) is 13.3 Å². The van der Waals surface area contributed by atoms with Crippen molar-refractivity contribution in [1.29, 1.82) is 0 Å². The van der Waals surface area contributed by atoms with Crippen molar-refractivity contribution in [1.82, 2.24) is 9.88 Å². The zero-order valence-corrected chi connectivity index (χ0v) is 16.9. The number of pyridine rings is 1. The minimum absolute atomic E-state index is 0. The van der Waals surface area contributed by atoms with Crippen LogP contribution in [0, 0.1) is 11.8 Å². The number of rotatable bonds is 4. The number of halogens is 3. The van der Waals surface area contributed by atoms with Gasteiger partial charge in [-0.15, -0.1) is 24.8 Å². The Labute approximate surface area is 167 Å². The molecular weight excluding hydrogens is 374 g/mol. The molecular formula is C20H27Cl2FN2O. The highest BCUT2D eigenvalue weighted by molar-refractivity contribution is 5.85. The Morgan fingerprint density at radius 2 is 2.12 bits per heavy atom. The van der Waals surface area contributed by atoms with Gasteiger partial charge in [-0.05, 0) is 61.1 Å². The quantitative estimate of drug-likeness (QED) is 0.703. The average Bonchev–Trinajstić information content (AvgIpc) is 2.66. The number of hydrogen-bond acceptors (Lipinski definition) is 3. The first-order valence-corrected chi connectivity index (χ1v) is 9.02. The Bertz CT molecular complexity index is 745. The third kappa shape index (κ3) is 3.64. The highest BCUT2D eigenvalue weighted by Gasteiger charge is 2.43. The van der Waals surface area contributed by atoms with E-state index in [1.165, 1.54) is 12.8 Å². The number of methoxy groups -OCH3 is 1. The first-order chi connectivity index (χ1) is 11.7. The molecule has 3 fully saturated rings. The van der Waals surface area contributed by atoms with Crippen molar-refractivity contribution in [3.63, 3.8) is 0 Å². The molecule has 3 nitrogen and oxygen atoms in total. The van der Waals surface area contributed by atoms with Crippen molar-refractivity contribution in [3.05, 3.63) is 36.0 Å². The maximum absolute atomic E-state index is 15.6. The van der Waals surface area contributed by atoms with Crippen LogP contribution in [0.4, 0.5) is 4.39 Å². The molecule has 1 aromatic carbocycles. The lowest BCUT2D eigenvalue weighted by atomic mass is 9.73. The largest absolute Gasteiger partial charge is 0.497 e. The molecule has 0 saturated carbocycles. The fourth-order valence-corrected chi connectivity index (χ4v) is 4.67. The molecule has 3 aliphatic rings. The van der Waals surface area contributed by atoms with Crippen molar-refractivity contribution in [2.24, 2.45) is 11.8 Å². The molecule has 1 aromatic heterocycles. The Hall–Kier alpha value is -1.10. The van der Waals surface area contributed by atoms with Gasteiger partial charge in [-0.2, -0.15) is 0 Å². The molecule has 0 amide bonds. The summed E-state index contributed by atoms with van der Waals surface area (Å²) in [5.74, 6) is 2.18. The fourth-order valence-electron chi connectivity index (χ4n) is 4.67. The first kappa shape index (κ1) is 21.2. The molecule has 6 heteroatoms. The van der Waals surface area contributed by atoms with Crippen LogP contribution in [0.25, 0.3) is 10.9 Å². The number of nitrogens with zero attached hydrogens (tertiary/aromatic N) is 2.